The van der Waals surface area contributed by atoms with Crippen molar-refractivity contribution in [3.8, 4) is 11.5 Å². The van der Waals surface area contributed by atoms with E-state index in [1.165, 1.54) is 5.56 Å². The molecular weight excluding hydrogens is 424 g/mol. The van der Waals surface area contributed by atoms with Gasteiger partial charge in [-0.1, -0.05) is 30.3 Å². The Kier molecular flexibility index (Phi) is 6.97. The number of halogens is 1. The Balaban J connectivity index is 0.00000256. The van der Waals surface area contributed by atoms with E-state index in [4.69, 9.17) is 9.47 Å². The first-order valence-corrected chi connectivity index (χ1v) is 11.5. The number of hydrogen-bond acceptors (Lipinski definition) is 5. The van der Waals surface area contributed by atoms with Gasteiger partial charge in [-0.15, -0.1) is 12.4 Å². The SMILES string of the molecule is COc1cccc2c1OC(C)(NCCCCN1Cc3ccccc3S1(=O)=O)CC2.Cl. The van der Waals surface area contributed by atoms with Gasteiger partial charge in [0.05, 0.1) is 12.0 Å². The third-order valence-electron chi connectivity index (χ3n) is 5.75. The van der Waals surface area contributed by atoms with Crippen molar-refractivity contribution in [2.24, 2.45) is 0 Å². The molecule has 6 nitrogen and oxygen atoms in total. The third kappa shape index (κ3) is 4.44. The molecule has 0 spiro atoms. The highest BCUT2D eigenvalue weighted by molar-refractivity contribution is 7.89. The number of unbranched alkanes of at least 4 members (excludes halogenated alkanes) is 1. The molecule has 30 heavy (non-hydrogen) atoms. The number of hydrogen-bond donors (Lipinski definition) is 1. The maximum absolute atomic E-state index is 12.6. The van der Waals surface area contributed by atoms with E-state index >= 15 is 0 Å². The summed E-state index contributed by atoms with van der Waals surface area (Å²) in [5.74, 6) is 1.58. The summed E-state index contributed by atoms with van der Waals surface area (Å²) in [7, 11) is -1.68. The molecule has 1 unspecified atom stereocenters. The Hall–Kier alpha value is -1.80. The van der Waals surface area contributed by atoms with Crippen LogP contribution in [0.5, 0.6) is 11.5 Å². The second-order valence-electron chi connectivity index (χ2n) is 7.86. The fourth-order valence-electron chi connectivity index (χ4n) is 4.07. The van der Waals surface area contributed by atoms with Crippen molar-refractivity contribution in [3.05, 3.63) is 53.6 Å². The third-order valence-corrected chi connectivity index (χ3v) is 7.70. The minimum atomic E-state index is -3.33. The zero-order chi connectivity index (χ0) is 20.5. The van der Waals surface area contributed by atoms with E-state index < -0.39 is 15.7 Å². The smallest absolute Gasteiger partial charge is 0.243 e. The van der Waals surface area contributed by atoms with Crippen molar-refractivity contribution in [2.45, 2.75) is 49.8 Å². The number of ether oxygens (including phenoxy) is 2. The molecule has 8 heteroatoms. The lowest BCUT2D eigenvalue weighted by Gasteiger charge is -2.37. The van der Waals surface area contributed by atoms with Crippen LogP contribution in [0.15, 0.2) is 47.4 Å². The van der Waals surface area contributed by atoms with Gasteiger partial charge in [-0.2, -0.15) is 4.31 Å². The van der Waals surface area contributed by atoms with Crippen molar-refractivity contribution < 1.29 is 17.9 Å². The van der Waals surface area contributed by atoms with E-state index in [9.17, 15) is 8.42 Å². The van der Waals surface area contributed by atoms with Crippen LogP contribution in [0.2, 0.25) is 0 Å². The number of para-hydroxylation sites is 1. The highest BCUT2D eigenvalue weighted by Crippen LogP contribution is 2.39. The topological polar surface area (TPSA) is 67.9 Å². The van der Waals surface area contributed by atoms with Gasteiger partial charge in [0, 0.05) is 19.5 Å². The predicted octanol–water partition coefficient (Wildman–Crippen LogP) is 3.73. The Bertz CT molecular complexity index is 984. The molecule has 2 aromatic rings. The first-order valence-electron chi connectivity index (χ1n) is 10.1. The van der Waals surface area contributed by atoms with Crippen LogP contribution in [0.1, 0.15) is 37.3 Å². The van der Waals surface area contributed by atoms with Crippen molar-refractivity contribution in [3.63, 3.8) is 0 Å². The molecule has 2 aliphatic rings. The van der Waals surface area contributed by atoms with Crippen LogP contribution in [-0.4, -0.2) is 38.6 Å². The molecule has 2 heterocycles. The lowest BCUT2D eigenvalue weighted by molar-refractivity contribution is 0.0274. The fraction of sp³-hybridized carbons (Fsp3) is 0.455. The highest BCUT2D eigenvalue weighted by atomic mass is 35.5. The number of sulfonamides is 1. The van der Waals surface area contributed by atoms with Gasteiger partial charge in [0.25, 0.3) is 0 Å². The van der Waals surface area contributed by atoms with Crippen LogP contribution in [0, 0.1) is 0 Å². The minimum Gasteiger partial charge on any atom is -0.493 e. The van der Waals surface area contributed by atoms with E-state index in [-0.39, 0.29) is 12.4 Å². The number of methoxy groups -OCH3 is 1. The molecular formula is C22H29ClN2O4S. The van der Waals surface area contributed by atoms with Crippen molar-refractivity contribution in [1.82, 2.24) is 9.62 Å². The molecule has 164 valence electrons. The first kappa shape index (κ1) is 22.9. The van der Waals surface area contributed by atoms with Gasteiger partial charge in [0.1, 0.15) is 0 Å². The molecule has 2 aliphatic heterocycles. The van der Waals surface area contributed by atoms with Crippen LogP contribution in [0.4, 0.5) is 0 Å². The first-order chi connectivity index (χ1) is 13.9. The summed E-state index contributed by atoms with van der Waals surface area (Å²) in [6.07, 6.45) is 3.49. The number of aryl methyl sites for hydroxylation is 1. The van der Waals surface area contributed by atoms with Crippen LogP contribution in [0.25, 0.3) is 0 Å². The largest absolute Gasteiger partial charge is 0.493 e. The normalized spacial score (nSPS) is 21.8. The molecule has 0 aliphatic carbocycles. The van der Waals surface area contributed by atoms with Gasteiger partial charge in [-0.05, 0) is 56.0 Å². The van der Waals surface area contributed by atoms with Gasteiger partial charge in [-0.25, -0.2) is 8.42 Å². The van der Waals surface area contributed by atoms with Crippen molar-refractivity contribution >= 4 is 22.4 Å². The number of nitrogens with zero attached hydrogens (tertiary/aromatic N) is 1. The van der Waals surface area contributed by atoms with Crippen LogP contribution in [-0.2, 0) is 23.0 Å². The number of benzene rings is 2. The van der Waals surface area contributed by atoms with Crippen molar-refractivity contribution in [1.29, 1.82) is 0 Å². The minimum absolute atomic E-state index is 0. The highest BCUT2D eigenvalue weighted by Gasteiger charge is 2.34. The molecule has 0 bridgehead atoms. The lowest BCUT2D eigenvalue weighted by atomic mass is 9.98. The van der Waals surface area contributed by atoms with Gasteiger partial charge in [-0.3, -0.25) is 5.32 Å². The van der Waals surface area contributed by atoms with E-state index in [0.29, 0.717) is 18.0 Å². The van der Waals surface area contributed by atoms with Crippen LogP contribution >= 0.6 is 12.4 Å². The fourth-order valence-corrected chi connectivity index (χ4v) is 5.75. The van der Waals surface area contributed by atoms with E-state index in [1.54, 1.807) is 23.5 Å². The second-order valence-corrected chi connectivity index (χ2v) is 9.77. The van der Waals surface area contributed by atoms with Crippen LogP contribution in [0.3, 0.4) is 0 Å². The van der Waals surface area contributed by atoms with Gasteiger partial charge >= 0.3 is 0 Å². The quantitative estimate of drug-likeness (QED) is 0.648. The molecule has 0 fully saturated rings. The number of rotatable bonds is 7. The molecule has 0 saturated carbocycles. The van der Waals surface area contributed by atoms with Gasteiger partial charge in [0.2, 0.25) is 10.0 Å². The maximum atomic E-state index is 12.6. The van der Waals surface area contributed by atoms with E-state index in [2.05, 4.69) is 18.3 Å². The maximum Gasteiger partial charge on any atom is 0.243 e. The molecule has 0 saturated heterocycles. The number of fused-ring (bicyclic) bond motifs is 2. The monoisotopic (exact) mass is 452 g/mol. The van der Waals surface area contributed by atoms with Gasteiger partial charge in [0.15, 0.2) is 17.2 Å². The lowest BCUT2D eigenvalue weighted by Crippen LogP contribution is -2.50. The summed E-state index contributed by atoms with van der Waals surface area (Å²) >= 11 is 0. The molecule has 1 atom stereocenters. The average Bonchev–Trinajstić information content (AvgIpc) is 2.97. The summed E-state index contributed by atoms with van der Waals surface area (Å²) < 4.78 is 38.5. The molecule has 0 amide bonds. The summed E-state index contributed by atoms with van der Waals surface area (Å²) in [4.78, 5) is 0.453. The van der Waals surface area contributed by atoms with Gasteiger partial charge < -0.3 is 9.47 Å². The Morgan fingerprint density at radius 2 is 1.90 bits per heavy atom. The molecule has 0 aromatic heterocycles. The standard InChI is InChI=1S/C22H28N2O4S.ClH/c1-22(13-12-17-9-7-10-19(27-2)21(17)28-22)23-14-5-6-15-24-16-18-8-3-4-11-20(18)29(24,25)26;/h3-4,7-11,23H,5-6,12-16H2,1-2H3;1H. The number of nitrogens with one attached hydrogen (secondary N) is 1. The molecule has 4 rings (SSSR count). The summed E-state index contributed by atoms with van der Waals surface area (Å²) in [6.45, 7) is 3.84. The molecule has 0 radical (unpaired) electrons. The predicted molar refractivity (Wildman–Crippen MR) is 119 cm³/mol. The van der Waals surface area contributed by atoms with Crippen LogP contribution < -0.4 is 14.8 Å². The molecule has 1 N–H and O–H groups in total. The summed E-state index contributed by atoms with van der Waals surface area (Å²) in [5.41, 5.74) is 1.61. The Labute approximate surface area is 185 Å². The zero-order valence-corrected chi connectivity index (χ0v) is 19.0. The average molecular weight is 453 g/mol. The zero-order valence-electron chi connectivity index (χ0n) is 17.4. The second kappa shape index (κ2) is 9.14. The summed E-state index contributed by atoms with van der Waals surface area (Å²) in [6, 6.07) is 13.2. The molecule has 2 aromatic carbocycles. The summed E-state index contributed by atoms with van der Waals surface area (Å²) in [5, 5.41) is 3.51. The van der Waals surface area contributed by atoms with E-state index in [0.717, 1.165) is 49.3 Å². The van der Waals surface area contributed by atoms with E-state index in [1.807, 2.05) is 24.3 Å². The Morgan fingerprint density at radius 3 is 2.67 bits per heavy atom. The Morgan fingerprint density at radius 1 is 1.13 bits per heavy atom. The van der Waals surface area contributed by atoms with Crippen molar-refractivity contribution in [2.75, 3.05) is 20.2 Å².